The van der Waals surface area contributed by atoms with Crippen LogP contribution in [0.25, 0.3) is 11.3 Å². The number of carbonyl (C=O) groups is 1. The second kappa shape index (κ2) is 6.04. The zero-order valence-corrected chi connectivity index (χ0v) is 17.7. The van der Waals surface area contributed by atoms with Gasteiger partial charge in [0.05, 0.1) is 5.69 Å². The molecule has 2 bridgehead atoms. The number of fused-ring (bicyclic) bond motifs is 4. The third-order valence-electron chi connectivity index (χ3n) is 8.10. The number of hydrogen-bond donors (Lipinski definition) is 0. The van der Waals surface area contributed by atoms with Crippen molar-refractivity contribution in [3.8, 4) is 11.3 Å². The Morgan fingerprint density at radius 2 is 1.83 bits per heavy atom. The van der Waals surface area contributed by atoms with Crippen LogP contribution in [0.5, 0.6) is 0 Å². The summed E-state index contributed by atoms with van der Waals surface area (Å²) in [4.78, 5) is 32.7. The Balaban J connectivity index is 1.47. The lowest BCUT2D eigenvalue weighted by atomic mass is 9.82. The minimum absolute atomic E-state index is 0.0436. The van der Waals surface area contributed by atoms with E-state index in [2.05, 4.69) is 43.6 Å². The first-order valence-electron chi connectivity index (χ1n) is 10.6. The Kier molecular flexibility index (Phi) is 3.87. The van der Waals surface area contributed by atoms with Crippen LogP contribution in [0.1, 0.15) is 45.7 Å². The molecule has 3 aliphatic rings. The van der Waals surface area contributed by atoms with Gasteiger partial charge in [-0.2, -0.15) is 0 Å². The Bertz CT molecular complexity index is 1020. The van der Waals surface area contributed by atoms with Crippen molar-refractivity contribution in [1.29, 1.82) is 0 Å². The van der Waals surface area contributed by atoms with Gasteiger partial charge in [-0.05, 0) is 41.4 Å². The monoisotopic (exact) mass is 391 g/mol. The zero-order valence-electron chi connectivity index (χ0n) is 17.7. The lowest BCUT2D eigenvalue weighted by molar-refractivity contribution is -0.136. The molecule has 2 fully saturated rings. The van der Waals surface area contributed by atoms with E-state index in [1.54, 1.807) is 12.3 Å². The molecule has 2 atom stereocenters. The number of nitrogens with zero attached hydrogens (tertiary/aromatic N) is 3. The molecule has 152 valence electrons. The molecule has 1 saturated heterocycles. The number of likely N-dealkylation sites (tertiary alicyclic amines) is 1. The van der Waals surface area contributed by atoms with Gasteiger partial charge in [0.1, 0.15) is 0 Å². The Hall–Kier alpha value is -2.43. The Morgan fingerprint density at radius 3 is 2.48 bits per heavy atom. The van der Waals surface area contributed by atoms with E-state index in [1.165, 1.54) is 0 Å². The van der Waals surface area contributed by atoms with Crippen LogP contribution in [0.15, 0.2) is 41.3 Å². The molecule has 5 nitrogen and oxygen atoms in total. The average molecular weight is 392 g/mol. The van der Waals surface area contributed by atoms with Gasteiger partial charge in [-0.15, -0.1) is 0 Å². The van der Waals surface area contributed by atoms with Crippen molar-refractivity contribution in [2.75, 3.05) is 13.1 Å². The second-order valence-corrected chi connectivity index (χ2v) is 10.3. The standard InChI is InChI=1S/C24H29N3O2/c1-23(2)21(24(23,3)4)22(29)26-12-15-9-17(14-26)19-10-16(11-20(28)27(19)13-15)18-7-5-6-8-25-18/h5-8,10-11,15,17,21H,9,12-14H2,1-4H3/t15-,17+/m0/s1. The first kappa shape index (κ1) is 18.6. The van der Waals surface area contributed by atoms with E-state index >= 15 is 0 Å². The van der Waals surface area contributed by atoms with Gasteiger partial charge >= 0.3 is 0 Å². The fourth-order valence-corrected chi connectivity index (χ4v) is 5.82. The van der Waals surface area contributed by atoms with Gasteiger partial charge in [0.25, 0.3) is 5.56 Å². The van der Waals surface area contributed by atoms with Gasteiger partial charge in [-0.25, -0.2) is 0 Å². The van der Waals surface area contributed by atoms with Crippen molar-refractivity contribution >= 4 is 5.91 Å². The molecular formula is C24H29N3O2. The van der Waals surface area contributed by atoms with Crippen molar-refractivity contribution in [2.45, 2.75) is 46.6 Å². The normalized spacial score (nSPS) is 26.7. The lowest BCUT2D eigenvalue weighted by Crippen LogP contribution is -2.50. The number of aromatic nitrogens is 2. The topological polar surface area (TPSA) is 55.2 Å². The third-order valence-corrected chi connectivity index (χ3v) is 8.10. The van der Waals surface area contributed by atoms with Crippen LogP contribution in [-0.4, -0.2) is 33.4 Å². The summed E-state index contributed by atoms with van der Waals surface area (Å²) in [6.07, 6.45) is 2.80. The smallest absolute Gasteiger partial charge is 0.251 e. The second-order valence-electron chi connectivity index (χ2n) is 10.3. The zero-order chi connectivity index (χ0) is 20.6. The van der Waals surface area contributed by atoms with E-state index in [1.807, 2.05) is 22.8 Å². The molecule has 0 unspecified atom stereocenters. The Morgan fingerprint density at radius 1 is 1.07 bits per heavy atom. The molecule has 2 aromatic heterocycles. The van der Waals surface area contributed by atoms with Gasteiger partial charge < -0.3 is 9.47 Å². The van der Waals surface area contributed by atoms with Crippen molar-refractivity contribution in [3.05, 3.63) is 52.6 Å². The van der Waals surface area contributed by atoms with E-state index in [9.17, 15) is 9.59 Å². The number of rotatable bonds is 2. The largest absolute Gasteiger partial charge is 0.341 e. The van der Waals surface area contributed by atoms with Gasteiger partial charge in [0.15, 0.2) is 0 Å². The van der Waals surface area contributed by atoms with Crippen molar-refractivity contribution in [3.63, 3.8) is 0 Å². The summed E-state index contributed by atoms with van der Waals surface area (Å²) < 4.78 is 1.93. The van der Waals surface area contributed by atoms with E-state index in [-0.39, 0.29) is 28.2 Å². The molecule has 4 heterocycles. The molecule has 0 radical (unpaired) electrons. The van der Waals surface area contributed by atoms with E-state index in [0.717, 1.165) is 29.9 Å². The maximum Gasteiger partial charge on any atom is 0.251 e. The molecule has 2 aromatic rings. The predicted molar refractivity (Wildman–Crippen MR) is 112 cm³/mol. The molecule has 29 heavy (non-hydrogen) atoms. The predicted octanol–water partition coefficient (Wildman–Crippen LogP) is 3.54. The maximum atomic E-state index is 13.3. The Labute approximate surface area is 171 Å². The number of amides is 1. The number of hydrogen-bond acceptors (Lipinski definition) is 3. The van der Waals surface area contributed by atoms with E-state index in [4.69, 9.17) is 0 Å². The summed E-state index contributed by atoms with van der Waals surface area (Å²) in [6.45, 7) is 11.0. The molecule has 0 N–H and O–H groups in total. The molecule has 1 aliphatic carbocycles. The summed E-state index contributed by atoms with van der Waals surface area (Å²) in [5.41, 5.74) is 2.90. The fourth-order valence-electron chi connectivity index (χ4n) is 5.82. The molecule has 2 aliphatic heterocycles. The quantitative estimate of drug-likeness (QED) is 0.787. The highest BCUT2D eigenvalue weighted by atomic mass is 16.2. The van der Waals surface area contributed by atoms with E-state index < -0.39 is 0 Å². The van der Waals surface area contributed by atoms with Crippen LogP contribution >= 0.6 is 0 Å². The van der Waals surface area contributed by atoms with Gasteiger partial charge in [-0.1, -0.05) is 33.8 Å². The molecule has 5 heteroatoms. The summed E-state index contributed by atoms with van der Waals surface area (Å²) in [5.74, 6) is 0.962. The highest BCUT2D eigenvalue weighted by Crippen LogP contribution is 2.69. The van der Waals surface area contributed by atoms with Gasteiger partial charge in [0.2, 0.25) is 5.91 Å². The maximum absolute atomic E-state index is 13.3. The highest BCUT2D eigenvalue weighted by Gasteiger charge is 2.69. The molecule has 0 aromatic carbocycles. The summed E-state index contributed by atoms with van der Waals surface area (Å²) in [7, 11) is 0. The summed E-state index contributed by atoms with van der Waals surface area (Å²) in [5, 5.41) is 0. The summed E-state index contributed by atoms with van der Waals surface area (Å²) in [6, 6.07) is 9.57. The fraction of sp³-hybridized carbons (Fsp3) is 0.542. The minimum Gasteiger partial charge on any atom is -0.341 e. The highest BCUT2D eigenvalue weighted by molar-refractivity contribution is 5.84. The van der Waals surface area contributed by atoms with Crippen molar-refractivity contribution < 1.29 is 4.79 Å². The van der Waals surface area contributed by atoms with Crippen molar-refractivity contribution in [1.82, 2.24) is 14.5 Å². The van der Waals surface area contributed by atoms with Crippen LogP contribution in [0.2, 0.25) is 0 Å². The SMILES string of the molecule is CC1(C)C(C(=O)N2C[C@@H]3C[C@H](C2)c2cc(-c4ccccn4)cc(=O)n2C3)C1(C)C. The third kappa shape index (κ3) is 2.70. The molecule has 1 saturated carbocycles. The number of carbonyl (C=O) groups excluding carboxylic acids is 1. The lowest BCUT2D eigenvalue weighted by Gasteiger charge is -2.43. The van der Waals surface area contributed by atoms with Crippen LogP contribution < -0.4 is 5.56 Å². The first-order valence-corrected chi connectivity index (χ1v) is 10.6. The van der Waals surface area contributed by atoms with Crippen LogP contribution in [0.4, 0.5) is 0 Å². The van der Waals surface area contributed by atoms with Gasteiger partial charge in [0, 0.05) is 55.0 Å². The molecule has 0 spiro atoms. The van der Waals surface area contributed by atoms with Gasteiger partial charge in [-0.3, -0.25) is 14.6 Å². The molecule has 5 rings (SSSR count). The summed E-state index contributed by atoms with van der Waals surface area (Å²) >= 11 is 0. The van der Waals surface area contributed by atoms with Crippen LogP contribution in [0, 0.1) is 22.7 Å². The van der Waals surface area contributed by atoms with E-state index in [0.29, 0.717) is 24.9 Å². The molecular weight excluding hydrogens is 362 g/mol. The number of piperidine rings is 1. The first-order chi connectivity index (χ1) is 13.7. The average Bonchev–Trinajstić information content (AvgIpc) is 3.10. The van der Waals surface area contributed by atoms with Crippen LogP contribution in [0.3, 0.4) is 0 Å². The minimum atomic E-state index is 0.0436. The van der Waals surface area contributed by atoms with Crippen molar-refractivity contribution in [2.24, 2.45) is 22.7 Å². The number of pyridine rings is 2. The van der Waals surface area contributed by atoms with Crippen LogP contribution in [-0.2, 0) is 11.3 Å². The molecule has 1 amide bonds.